The van der Waals surface area contributed by atoms with Crippen LogP contribution in [0.4, 0.5) is 5.95 Å². The average molecular weight is 431 g/mol. The summed E-state index contributed by atoms with van der Waals surface area (Å²) >= 11 is 6.48. The fourth-order valence-corrected chi connectivity index (χ4v) is 4.33. The van der Waals surface area contributed by atoms with Crippen LogP contribution in [0.15, 0.2) is 12.4 Å². The number of rotatable bonds is 6. The highest BCUT2D eigenvalue weighted by atomic mass is 35.5. The van der Waals surface area contributed by atoms with E-state index in [1.807, 2.05) is 20.0 Å². The van der Waals surface area contributed by atoms with Crippen molar-refractivity contribution in [3.05, 3.63) is 39.9 Å². The molecule has 0 unspecified atom stereocenters. The van der Waals surface area contributed by atoms with Gasteiger partial charge in [0, 0.05) is 61.7 Å². The number of nitrogens with two attached hydrogens (primary N) is 1. The molecule has 4 rings (SSSR count). The molecular formula is C21H27ClN6O2. The number of aryl methyl sites for hydroxylation is 1. The van der Waals surface area contributed by atoms with Gasteiger partial charge in [0.05, 0.1) is 31.5 Å². The van der Waals surface area contributed by atoms with Gasteiger partial charge in [-0.2, -0.15) is 4.98 Å². The van der Waals surface area contributed by atoms with E-state index in [0.717, 1.165) is 78.6 Å². The van der Waals surface area contributed by atoms with Crippen LogP contribution in [-0.2, 0) is 17.7 Å². The molecule has 1 aliphatic rings. The number of pyridine rings is 1. The molecule has 0 atom stereocenters. The Hall–Kier alpha value is -2.42. The molecule has 0 amide bonds. The van der Waals surface area contributed by atoms with Crippen molar-refractivity contribution < 1.29 is 9.47 Å². The van der Waals surface area contributed by atoms with Crippen LogP contribution in [0.5, 0.6) is 5.75 Å². The summed E-state index contributed by atoms with van der Waals surface area (Å²) in [7, 11) is 1.68. The number of halogens is 1. The van der Waals surface area contributed by atoms with Crippen molar-refractivity contribution in [3.8, 4) is 5.75 Å². The highest BCUT2D eigenvalue weighted by Crippen LogP contribution is 2.30. The van der Waals surface area contributed by atoms with Gasteiger partial charge in [0.1, 0.15) is 11.3 Å². The maximum atomic E-state index is 6.48. The number of nitrogens with zero attached hydrogens (tertiary/aromatic N) is 5. The van der Waals surface area contributed by atoms with E-state index in [-0.39, 0.29) is 5.95 Å². The van der Waals surface area contributed by atoms with E-state index in [0.29, 0.717) is 11.6 Å². The van der Waals surface area contributed by atoms with E-state index in [1.54, 1.807) is 7.11 Å². The lowest BCUT2D eigenvalue weighted by Gasteiger charge is -2.26. The summed E-state index contributed by atoms with van der Waals surface area (Å²) in [6, 6.07) is 0. The van der Waals surface area contributed by atoms with Gasteiger partial charge in [0.25, 0.3) is 0 Å². The van der Waals surface area contributed by atoms with Crippen molar-refractivity contribution >= 4 is 28.6 Å². The van der Waals surface area contributed by atoms with Gasteiger partial charge in [-0.15, -0.1) is 0 Å². The molecule has 0 radical (unpaired) electrons. The maximum Gasteiger partial charge on any atom is 0.222 e. The van der Waals surface area contributed by atoms with Gasteiger partial charge in [-0.05, 0) is 13.8 Å². The van der Waals surface area contributed by atoms with Crippen molar-refractivity contribution in [2.24, 2.45) is 0 Å². The van der Waals surface area contributed by atoms with Crippen LogP contribution in [0.3, 0.4) is 0 Å². The first kappa shape index (κ1) is 20.8. The number of morpholine rings is 1. The van der Waals surface area contributed by atoms with E-state index in [4.69, 9.17) is 26.8 Å². The summed E-state index contributed by atoms with van der Waals surface area (Å²) in [5, 5.41) is 0.372. The fourth-order valence-electron chi connectivity index (χ4n) is 4.05. The molecule has 8 nitrogen and oxygen atoms in total. The van der Waals surface area contributed by atoms with E-state index >= 15 is 0 Å². The summed E-state index contributed by atoms with van der Waals surface area (Å²) in [6.45, 7) is 9.15. The van der Waals surface area contributed by atoms with Crippen molar-refractivity contribution in [1.29, 1.82) is 0 Å². The molecule has 9 heteroatoms. The van der Waals surface area contributed by atoms with Gasteiger partial charge in [-0.1, -0.05) is 11.6 Å². The number of methoxy groups -OCH3 is 1. The highest BCUT2D eigenvalue weighted by Gasteiger charge is 2.19. The lowest BCUT2D eigenvalue weighted by atomic mass is 10.1. The Morgan fingerprint density at radius 3 is 2.70 bits per heavy atom. The molecule has 3 aromatic heterocycles. The third-order valence-electron chi connectivity index (χ3n) is 5.63. The Balaban J connectivity index is 1.69. The number of nitrogen functional groups attached to an aromatic ring is 1. The molecule has 0 aliphatic carbocycles. The first-order valence-electron chi connectivity index (χ1n) is 10.1. The maximum absolute atomic E-state index is 6.48. The zero-order valence-electron chi connectivity index (χ0n) is 17.6. The van der Waals surface area contributed by atoms with Crippen LogP contribution in [0, 0.1) is 13.8 Å². The number of fused-ring (bicyclic) bond motifs is 1. The number of hydrogen-bond acceptors (Lipinski definition) is 7. The molecule has 1 saturated heterocycles. The molecule has 0 bridgehead atoms. The summed E-state index contributed by atoms with van der Waals surface area (Å²) < 4.78 is 13.1. The van der Waals surface area contributed by atoms with Crippen LogP contribution in [0.25, 0.3) is 11.0 Å². The molecule has 4 heterocycles. The predicted octanol–water partition coefficient (Wildman–Crippen LogP) is 2.61. The first-order chi connectivity index (χ1) is 14.5. The van der Waals surface area contributed by atoms with Crippen LogP contribution < -0.4 is 10.5 Å². The summed E-state index contributed by atoms with van der Waals surface area (Å²) in [5.41, 5.74) is 11.5. The van der Waals surface area contributed by atoms with E-state index in [2.05, 4.69) is 30.6 Å². The Kier molecular flexibility index (Phi) is 6.08. The minimum absolute atomic E-state index is 0.172. The number of anilines is 1. The molecule has 1 fully saturated rings. The van der Waals surface area contributed by atoms with Crippen molar-refractivity contribution in [1.82, 2.24) is 24.4 Å². The fraction of sp³-hybridized carbons (Fsp3) is 0.476. The molecular weight excluding hydrogens is 404 g/mol. The average Bonchev–Trinajstić information content (AvgIpc) is 3.07. The minimum Gasteiger partial charge on any atom is -0.496 e. The summed E-state index contributed by atoms with van der Waals surface area (Å²) in [4.78, 5) is 15.7. The number of hydrogen-bond donors (Lipinski definition) is 1. The minimum atomic E-state index is 0.172. The zero-order chi connectivity index (χ0) is 21.3. The van der Waals surface area contributed by atoms with Crippen LogP contribution in [0.1, 0.15) is 22.4 Å². The van der Waals surface area contributed by atoms with Gasteiger partial charge in [-0.25, -0.2) is 4.98 Å². The second kappa shape index (κ2) is 8.75. The van der Waals surface area contributed by atoms with Crippen LogP contribution in [0.2, 0.25) is 5.15 Å². The van der Waals surface area contributed by atoms with E-state index in [9.17, 15) is 0 Å². The Bertz CT molecular complexity index is 1060. The third kappa shape index (κ3) is 4.08. The quantitative estimate of drug-likeness (QED) is 0.601. The van der Waals surface area contributed by atoms with Crippen molar-refractivity contribution in [2.75, 3.05) is 45.7 Å². The molecule has 0 saturated carbocycles. The summed E-state index contributed by atoms with van der Waals surface area (Å²) in [5.74, 6) is 1.04. The van der Waals surface area contributed by atoms with Crippen LogP contribution in [-0.4, -0.2) is 64.4 Å². The van der Waals surface area contributed by atoms with Gasteiger partial charge >= 0.3 is 0 Å². The largest absolute Gasteiger partial charge is 0.496 e. The monoisotopic (exact) mass is 430 g/mol. The van der Waals surface area contributed by atoms with E-state index < -0.39 is 0 Å². The zero-order valence-corrected chi connectivity index (χ0v) is 18.4. The van der Waals surface area contributed by atoms with Crippen molar-refractivity contribution in [2.45, 2.75) is 26.8 Å². The molecule has 30 heavy (non-hydrogen) atoms. The smallest absolute Gasteiger partial charge is 0.222 e. The Morgan fingerprint density at radius 1 is 1.20 bits per heavy atom. The molecule has 3 aromatic rings. The normalized spacial score (nSPS) is 15.1. The Labute approximate surface area is 181 Å². The van der Waals surface area contributed by atoms with E-state index in [1.165, 1.54) is 0 Å². The SMILES string of the molecule is COc1c(C)cnc(Cc2cn(CCN3CCOCC3)c3c(Cl)nc(N)nc23)c1C. The van der Waals surface area contributed by atoms with Gasteiger partial charge < -0.3 is 19.8 Å². The van der Waals surface area contributed by atoms with Crippen LogP contribution >= 0.6 is 11.6 Å². The second-order valence-electron chi connectivity index (χ2n) is 7.59. The molecule has 0 aromatic carbocycles. The highest BCUT2D eigenvalue weighted by molar-refractivity contribution is 6.33. The standard InChI is InChI=1S/C21H27ClN6O2/c1-13-11-24-16(14(2)19(13)29-3)10-15-12-28(5-4-27-6-8-30-9-7-27)18-17(15)25-21(23)26-20(18)22/h11-12H,4-10H2,1-3H3,(H2,23,25,26). The number of aromatic nitrogens is 4. The first-order valence-corrected chi connectivity index (χ1v) is 10.5. The number of ether oxygens (including phenoxy) is 2. The second-order valence-corrected chi connectivity index (χ2v) is 7.95. The lowest BCUT2D eigenvalue weighted by molar-refractivity contribution is 0.0365. The van der Waals surface area contributed by atoms with Gasteiger partial charge in [0.2, 0.25) is 5.95 Å². The molecule has 2 N–H and O–H groups in total. The third-order valence-corrected chi connectivity index (χ3v) is 5.89. The molecule has 160 valence electrons. The lowest BCUT2D eigenvalue weighted by Crippen LogP contribution is -2.38. The van der Waals surface area contributed by atoms with Gasteiger partial charge in [0.15, 0.2) is 5.15 Å². The summed E-state index contributed by atoms with van der Waals surface area (Å²) in [6.07, 6.45) is 4.55. The Morgan fingerprint density at radius 2 is 1.97 bits per heavy atom. The topological polar surface area (TPSA) is 91.3 Å². The molecule has 1 aliphatic heterocycles. The van der Waals surface area contributed by atoms with Gasteiger partial charge in [-0.3, -0.25) is 9.88 Å². The van der Waals surface area contributed by atoms with Crippen molar-refractivity contribution in [3.63, 3.8) is 0 Å². The predicted molar refractivity (Wildman–Crippen MR) is 117 cm³/mol. The molecule has 0 spiro atoms.